The van der Waals surface area contributed by atoms with E-state index in [9.17, 15) is 0 Å². The van der Waals surface area contributed by atoms with Crippen LogP contribution in [-0.4, -0.2) is 10.2 Å². The number of nitrogens with zero attached hydrogens (tertiary/aromatic N) is 2. The van der Waals surface area contributed by atoms with E-state index in [0.29, 0.717) is 18.3 Å². The lowest BCUT2D eigenvalue weighted by molar-refractivity contribution is 0.416. The largest absolute Gasteiger partial charge is 0.467 e. The Balaban J connectivity index is 1.51. The van der Waals surface area contributed by atoms with Gasteiger partial charge in [-0.3, -0.25) is 5.32 Å². The van der Waals surface area contributed by atoms with Crippen LogP contribution in [0.2, 0.25) is 0 Å². The van der Waals surface area contributed by atoms with Crippen LogP contribution in [0.1, 0.15) is 23.3 Å². The predicted molar refractivity (Wildman–Crippen MR) is 93.6 cm³/mol. The van der Waals surface area contributed by atoms with Crippen LogP contribution in [0.15, 0.2) is 87.9 Å². The van der Waals surface area contributed by atoms with Crippen molar-refractivity contribution in [2.24, 2.45) is 0 Å². The Hall–Kier alpha value is -3.18. The minimum absolute atomic E-state index is 0.0803. The molecule has 25 heavy (non-hydrogen) atoms. The maximum absolute atomic E-state index is 5.76. The van der Waals surface area contributed by atoms with Gasteiger partial charge in [0.2, 0.25) is 11.8 Å². The minimum atomic E-state index is -0.0803. The van der Waals surface area contributed by atoms with Gasteiger partial charge >= 0.3 is 0 Å². The van der Waals surface area contributed by atoms with Crippen molar-refractivity contribution in [1.82, 2.24) is 15.5 Å². The van der Waals surface area contributed by atoms with Crippen molar-refractivity contribution in [3.8, 4) is 11.5 Å². The van der Waals surface area contributed by atoms with E-state index in [1.54, 1.807) is 6.26 Å². The Labute approximate surface area is 145 Å². The number of aromatic nitrogens is 2. The quantitative estimate of drug-likeness (QED) is 0.573. The molecule has 0 aliphatic rings. The third kappa shape index (κ3) is 3.51. The summed E-state index contributed by atoms with van der Waals surface area (Å²) in [6.07, 6.45) is 1.67. The molecule has 0 saturated heterocycles. The number of benzene rings is 2. The summed E-state index contributed by atoms with van der Waals surface area (Å²) in [7, 11) is 0. The van der Waals surface area contributed by atoms with E-state index in [4.69, 9.17) is 8.83 Å². The van der Waals surface area contributed by atoms with Crippen LogP contribution in [0.3, 0.4) is 0 Å². The van der Waals surface area contributed by atoms with Crippen LogP contribution >= 0.6 is 0 Å². The molecule has 5 heteroatoms. The zero-order chi connectivity index (χ0) is 16.9. The first-order valence-electron chi connectivity index (χ1n) is 8.10. The number of rotatable bonds is 6. The van der Waals surface area contributed by atoms with Gasteiger partial charge in [-0.2, -0.15) is 0 Å². The molecule has 0 aliphatic carbocycles. The van der Waals surface area contributed by atoms with Crippen LogP contribution in [0.5, 0.6) is 0 Å². The van der Waals surface area contributed by atoms with Crippen molar-refractivity contribution in [2.45, 2.75) is 12.6 Å². The summed E-state index contributed by atoms with van der Waals surface area (Å²) < 4.78 is 11.3. The van der Waals surface area contributed by atoms with Gasteiger partial charge in [0.05, 0.1) is 18.8 Å². The monoisotopic (exact) mass is 331 g/mol. The molecule has 4 rings (SSSR count). The van der Waals surface area contributed by atoms with E-state index in [2.05, 4.69) is 27.6 Å². The van der Waals surface area contributed by atoms with Gasteiger partial charge in [-0.1, -0.05) is 48.5 Å². The molecule has 0 saturated carbocycles. The van der Waals surface area contributed by atoms with Gasteiger partial charge < -0.3 is 8.83 Å². The molecule has 0 spiro atoms. The first-order chi connectivity index (χ1) is 12.4. The van der Waals surface area contributed by atoms with Gasteiger partial charge in [-0.15, -0.1) is 10.2 Å². The summed E-state index contributed by atoms with van der Waals surface area (Å²) in [4.78, 5) is 0. The molecule has 0 radical (unpaired) electrons. The van der Waals surface area contributed by atoms with E-state index < -0.39 is 0 Å². The second kappa shape index (κ2) is 7.15. The SMILES string of the molecule is c1ccc(-c2nnc(CN[C@@H](c3ccccc3)c3ccco3)o2)cc1. The standard InChI is InChI=1S/C20H17N3O2/c1-3-8-15(9-4-1)19(17-12-7-13-24-17)21-14-18-22-23-20(25-18)16-10-5-2-6-11-16/h1-13,19,21H,14H2/t19-/m0/s1. The number of nitrogens with one attached hydrogen (secondary N) is 1. The highest BCUT2D eigenvalue weighted by Crippen LogP contribution is 2.23. The smallest absolute Gasteiger partial charge is 0.247 e. The lowest BCUT2D eigenvalue weighted by atomic mass is 10.0. The number of hydrogen-bond acceptors (Lipinski definition) is 5. The highest BCUT2D eigenvalue weighted by molar-refractivity contribution is 5.51. The summed E-state index contributed by atoms with van der Waals surface area (Å²) in [5.41, 5.74) is 2.02. The highest BCUT2D eigenvalue weighted by atomic mass is 16.4. The van der Waals surface area contributed by atoms with Crippen molar-refractivity contribution in [3.05, 3.63) is 96.3 Å². The van der Waals surface area contributed by atoms with Gasteiger partial charge in [0.15, 0.2) is 0 Å². The summed E-state index contributed by atoms with van der Waals surface area (Å²) in [5, 5.41) is 11.7. The zero-order valence-corrected chi connectivity index (χ0v) is 13.5. The maximum atomic E-state index is 5.76. The van der Waals surface area contributed by atoms with Crippen molar-refractivity contribution >= 4 is 0 Å². The Bertz CT molecular complexity index is 903. The Morgan fingerprint density at radius 2 is 1.60 bits per heavy atom. The molecule has 0 fully saturated rings. The molecule has 1 N–H and O–H groups in total. The highest BCUT2D eigenvalue weighted by Gasteiger charge is 2.17. The number of furan rings is 1. The second-order valence-electron chi connectivity index (χ2n) is 5.61. The first kappa shape index (κ1) is 15.4. The molecule has 0 aliphatic heterocycles. The molecule has 0 bridgehead atoms. The molecule has 2 aromatic carbocycles. The third-order valence-electron chi connectivity index (χ3n) is 3.91. The molecule has 1 atom stereocenters. The fraction of sp³-hybridized carbons (Fsp3) is 0.100. The summed E-state index contributed by atoms with van der Waals surface area (Å²) >= 11 is 0. The normalized spacial score (nSPS) is 12.2. The fourth-order valence-electron chi connectivity index (χ4n) is 2.70. The van der Waals surface area contributed by atoms with E-state index in [1.807, 2.05) is 60.7 Å². The maximum Gasteiger partial charge on any atom is 0.247 e. The Morgan fingerprint density at radius 3 is 2.32 bits per heavy atom. The summed E-state index contributed by atoms with van der Waals surface area (Å²) in [6, 6.07) is 23.6. The van der Waals surface area contributed by atoms with Gasteiger partial charge in [-0.25, -0.2) is 0 Å². The van der Waals surface area contributed by atoms with Crippen molar-refractivity contribution in [3.63, 3.8) is 0 Å². The van der Waals surface area contributed by atoms with E-state index >= 15 is 0 Å². The van der Waals surface area contributed by atoms with Crippen LogP contribution in [0, 0.1) is 0 Å². The molecule has 2 heterocycles. The Morgan fingerprint density at radius 1 is 0.840 bits per heavy atom. The summed E-state index contributed by atoms with van der Waals surface area (Å²) in [5.74, 6) is 1.90. The van der Waals surface area contributed by atoms with Gasteiger partial charge in [0.25, 0.3) is 0 Å². The fourth-order valence-corrected chi connectivity index (χ4v) is 2.70. The van der Waals surface area contributed by atoms with E-state index in [0.717, 1.165) is 16.9 Å². The van der Waals surface area contributed by atoms with Crippen molar-refractivity contribution < 1.29 is 8.83 Å². The molecule has 4 aromatic rings. The minimum Gasteiger partial charge on any atom is -0.467 e. The lowest BCUT2D eigenvalue weighted by Gasteiger charge is -2.15. The first-order valence-corrected chi connectivity index (χ1v) is 8.10. The van der Waals surface area contributed by atoms with Crippen LogP contribution in [0.25, 0.3) is 11.5 Å². The van der Waals surface area contributed by atoms with Gasteiger partial charge in [-0.05, 0) is 29.8 Å². The molecule has 5 nitrogen and oxygen atoms in total. The molecule has 124 valence electrons. The molecule has 0 unspecified atom stereocenters. The van der Waals surface area contributed by atoms with Gasteiger partial charge in [0, 0.05) is 5.56 Å². The zero-order valence-electron chi connectivity index (χ0n) is 13.5. The second-order valence-corrected chi connectivity index (χ2v) is 5.61. The van der Waals surface area contributed by atoms with Crippen LogP contribution in [-0.2, 0) is 6.54 Å². The average molecular weight is 331 g/mol. The molecular weight excluding hydrogens is 314 g/mol. The van der Waals surface area contributed by atoms with Gasteiger partial charge in [0.1, 0.15) is 5.76 Å². The lowest BCUT2D eigenvalue weighted by Crippen LogP contribution is -2.21. The van der Waals surface area contributed by atoms with E-state index in [1.165, 1.54) is 0 Å². The van der Waals surface area contributed by atoms with Crippen LogP contribution < -0.4 is 5.32 Å². The third-order valence-corrected chi connectivity index (χ3v) is 3.91. The van der Waals surface area contributed by atoms with Crippen LogP contribution in [0.4, 0.5) is 0 Å². The molecular formula is C20H17N3O2. The predicted octanol–water partition coefficient (Wildman–Crippen LogP) is 4.21. The average Bonchev–Trinajstić information content (AvgIpc) is 3.36. The van der Waals surface area contributed by atoms with Crippen molar-refractivity contribution in [2.75, 3.05) is 0 Å². The molecule has 0 amide bonds. The number of hydrogen-bond donors (Lipinski definition) is 1. The topological polar surface area (TPSA) is 64.1 Å². The van der Waals surface area contributed by atoms with Crippen molar-refractivity contribution in [1.29, 1.82) is 0 Å². The Kier molecular flexibility index (Phi) is 4.39. The van der Waals surface area contributed by atoms with E-state index in [-0.39, 0.29) is 6.04 Å². The summed E-state index contributed by atoms with van der Waals surface area (Å²) in [6.45, 7) is 0.445. The molecule has 2 aromatic heterocycles.